The van der Waals surface area contributed by atoms with Crippen molar-refractivity contribution in [2.45, 2.75) is 19.8 Å². The predicted molar refractivity (Wildman–Crippen MR) is 98.7 cm³/mol. The Morgan fingerprint density at radius 2 is 1.83 bits per heavy atom. The third kappa shape index (κ3) is 5.35. The molecule has 0 heterocycles. The molecule has 0 atom stereocenters. The topological polar surface area (TPSA) is 55.4 Å². The van der Waals surface area contributed by atoms with E-state index in [9.17, 15) is 9.59 Å². The van der Waals surface area contributed by atoms with Crippen LogP contribution in [0.3, 0.4) is 0 Å². The van der Waals surface area contributed by atoms with Gasteiger partial charge in [-0.1, -0.05) is 19.4 Å². The number of benzene rings is 2. The summed E-state index contributed by atoms with van der Waals surface area (Å²) in [5, 5.41) is 2.81. The van der Waals surface area contributed by atoms with Gasteiger partial charge in [0.05, 0.1) is 12.2 Å². The largest absolute Gasteiger partial charge is 0.462 e. The number of carbonyl (C=O) groups excluding carboxylic acids is 2. The summed E-state index contributed by atoms with van der Waals surface area (Å²) in [5.74, 6) is -0.518. The Balaban J connectivity index is 1.97. The van der Waals surface area contributed by atoms with Gasteiger partial charge in [-0.05, 0) is 71.5 Å². The van der Waals surface area contributed by atoms with Gasteiger partial charge in [-0.15, -0.1) is 0 Å². The minimum absolute atomic E-state index is 0.179. The quantitative estimate of drug-likeness (QED) is 0.423. The van der Waals surface area contributed by atoms with Gasteiger partial charge in [0.15, 0.2) is 0 Å². The first-order chi connectivity index (χ1) is 11.1. The number of carbonyl (C=O) groups is 2. The number of ether oxygens (including phenoxy) is 1. The molecule has 0 aromatic heterocycles. The fourth-order valence-corrected chi connectivity index (χ4v) is 2.46. The van der Waals surface area contributed by atoms with Crippen LogP contribution in [0, 0.1) is 3.57 Å². The smallest absolute Gasteiger partial charge is 0.338 e. The fourth-order valence-electron chi connectivity index (χ4n) is 1.92. The number of esters is 1. The number of hydrogen-bond donors (Lipinski definition) is 1. The Labute approximate surface area is 149 Å². The number of halogens is 1. The van der Waals surface area contributed by atoms with Crippen LogP contribution in [-0.4, -0.2) is 18.5 Å². The van der Waals surface area contributed by atoms with Crippen molar-refractivity contribution in [3.8, 4) is 0 Å². The van der Waals surface area contributed by atoms with Crippen LogP contribution in [0.2, 0.25) is 0 Å². The molecule has 0 saturated heterocycles. The van der Waals surface area contributed by atoms with E-state index in [1.54, 1.807) is 30.3 Å². The van der Waals surface area contributed by atoms with Gasteiger partial charge in [-0.25, -0.2) is 4.79 Å². The molecule has 2 aromatic rings. The molecule has 0 saturated carbocycles. The summed E-state index contributed by atoms with van der Waals surface area (Å²) in [4.78, 5) is 24.0. The van der Waals surface area contributed by atoms with Gasteiger partial charge >= 0.3 is 5.97 Å². The molecule has 0 aliphatic rings. The molecule has 0 bridgehead atoms. The number of nitrogens with one attached hydrogen (secondary N) is 1. The SMILES string of the molecule is CCCCOC(=O)c1ccc(NC(=O)c2cccc(I)c2)cc1. The van der Waals surface area contributed by atoms with Crippen molar-refractivity contribution < 1.29 is 14.3 Å². The van der Waals surface area contributed by atoms with Crippen molar-refractivity contribution in [2.24, 2.45) is 0 Å². The second-order valence-corrected chi connectivity index (χ2v) is 6.28. The molecular weight excluding hydrogens is 405 g/mol. The second-order valence-electron chi connectivity index (χ2n) is 5.03. The molecule has 0 fully saturated rings. The molecule has 5 heteroatoms. The van der Waals surface area contributed by atoms with E-state index in [0.29, 0.717) is 23.4 Å². The average molecular weight is 423 g/mol. The van der Waals surface area contributed by atoms with Crippen LogP contribution in [0.15, 0.2) is 48.5 Å². The van der Waals surface area contributed by atoms with E-state index in [4.69, 9.17) is 4.74 Å². The van der Waals surface area contributed by atoms with Crippen LogP contribution < -0.4 is 5.32 Å². The zero-order chi connectivity index (χ0) is 16.7. The molecule has 0 aliphatic heterocycles. The van der Waals surface area contributed by atoms with E-state index in [1.165, 1.54) is 0 Å². The van der Waals surface area contributed by atoms with Gasteiger partial charge < -0.3 is 10.1 Å². The summed E-state index contributed by atoms with van der Waals surface area (Å²) in [6.45, 7) is 2.47. The van der Waals surface area contributed by atoms with Crippen molar-refractivity contribution in [1.82, 2.24) is 0 Å². The van der Waals surface area contributed by atoms with E-state index in [-0.39, 0.29) is 11.9 Å². The maximum atomic E-state index is 12.2. The highest BCUT2D eigenvalue weighted by Crippen LogP contribution is 2.14. The molecule has 1 N–H and O–H groups in total. The van der Waals surface area contributed by atoms with E-state index in [0.717, 1.165) is 16.4 Å². The third-order valence-corrected chi connectivity index (χ3v) is 3.87. The zero-order valence-corrected chi connectivity index (χ0v) is 15.0. The Morgan fingerprint density at radius 1 is 1.09 bits per heavy atom. The summed E-state index contributed by atoms with van der Waals surface area (Å²) in [6, 6.07) is 14.0. The second kappa shape index (κ2) is 8.67. The van der Waals surface area contributed by atoms with Crippen molar-refractivity contribution in [2.75, 3.05) is 11.9 Å². The summed E-state index contributed by atoms with van der Waals surface area (Å²) in [6.07, 6.45) is 1.84. The molecular formula is C18H18INO3. The van der Waals surface area contributed by atoms with Crippen LogP contribution in [0.5, 0.6) is 0 Å². The molecule has 120 valence electrons. The Hall–Kier alpha value is -1.89. The standard InChI is InChI=1S/C18H18INO3/c1-2-3-11-23-18(22)13-7-9-16(10-8-13)20-17(21)14-5-4-6-15(19)12-14/h4-10,12H,2-3,11H2,1H3,(H,20,21). The number of unbranched alkanes of at least 4 members (excludes halogenated alkanes) is 1. The summed E-state index contributed by atoms with van der Waals surface area (Å²) >= 11 is 2.16. The minimum Gasteiger partial charge on any atom is -0.462 e. The first-order valence-corrected chi connectivity index (χ1v) is 8.52. The predicted octanol–water partition coefficient (Wildman–Crippen LogP) is 4.50. The van der Waals surface area contributed by atoms with Crippen molar-refractivity contribution >= 4 is 40.2 Å². The number of rotatable bonds is 6. The monoisotopic (exact) mass is 423 g/mol. The van der Waals surface area contributed by atoms with Crippen LogP contribution in [0.4, 0.5) is 5.69 Å². The number of anilines is 1. The zero-order valence-electron chi connectivity index (χ0n) is 12.8. The third-order valence-electron chi connectivity index (χ3n) is 3.20. The minimum atomic E-state index is -0.339. The van der Waals surface area contributed by atoms with E-state index in [2.05, 4.69) is 27.9 Å². The van der Waals surface area contributed by atoms with Crippen LogP contribution >= 0.6 is 22.6 Å². The van der Waals surface area contributed by atoms with E-state index < -0.39 is 0 Å². The van der Waals surface area contributed by atoms with Crippen LogP contribution in [0.1, 0.15) is 40.5 Å². The first kappa shape index (κ1) is 17.5. The molecule has 1 amide bonds. The highest BCUT2D eigenvalue weighted by molar-refractivity contribution is 14.1. The van der Waals surface area contributed by atoms with E-state index in [1.807, 2.05) is 25.1 Å². The van der Waals surface area contributed by atoms with Gasteiger partial charge in [0.1, 0.15) is 0 Å². The van der Waals surface area contributed by atoms with Crippen molar-refractivity contribution in [3.05, 3.63) is 63.2 Å². The lowest BCUT2D eigenvalue weighted by Crippen LogP contribution is -2.12. The number of hydrogen-bond acceptors (Lipinski definition) is 3. The summed E-state index contributed by atoms with van der Waals surface area (Å²) < 4.78 is 6.15. The van der Waals surface area contributed by atoms with Crippen LogP contribution in [-0.2, 0) is 4.74 Å². The lowest BCUT2D eigenvalue weighted by atomic mass is 10.2. The first-order valence-electron chi connectivity index (χ1n) is 7.44. The molecule has 0 radical (unpaired) electrons. The maximum Gasteiger partial charge on any atom is 0.338 e. The Bertz CT molecular complexity index is 683. The fraction of sp³-hybridized carbons (Fsp3) is 0.222. The van der Waals surface area contributed by atoms with Gasteiger partial charge in [0, 0.05) is 14.8 Å². The van der Waals surface area contributed by atoms with Crippen molar-refractivity contribution in [1.29, 1.82) is 0 Å². The Kier molecular flexibility index (Phi) is 6.58. The lowest BCUT2D eigenvalue weighted by Gasteiger charge is -2.07. The van der Waals surface area contributed by atoms with Gasteiger partial charge in [-0.2, -0.15) is 0 Å². The van der Waals surface area contributed by atoms with Crippen LogP contribution in [0.25, 0.3) is 0 Å². The van der Waals surface area contributed by atoms with Gasteiger partial charge in [0.2, 0.25) is 0 Å². The van der Waals surface area contributed by atoms with Gasteiger partial charge in [-0.3, -0.25) is 4.79 Å². The summed E-state index contributed by atoms with van der Waals surface area (Å²) in [7, 11) is 0. The van der Waals surface area contributed by atoms with Gasteiger partial charge in [0.25, 0.3) is 5.91 Å². The lowest BCUT2D eigenvalue weighted by molar-refractivity contribution is 0.0499. The molecule has 23 heavy (non-hydrogen) atoms. The van der Waals surface area contributed by atoms with E-state index >= 15 is 0 Å². The maximum absolute atomic E-state index is 12.2. The highest BCUT2D eigenvalue weighted by Gasteiger charge is 2.09. The highest BCUT2D eigenvalue weighted by atomic mass is 127. The molecule has 0 aliphatic carbocycles. The van der Waals surface area contributed by atoms with Crippen molar-refractivity contribution in [3.63, 3.8) is 0 Å². The molecule has 2 aromatic carbocycles. The molecule has 0 spiro atoms. The average Bonchev–Trinajstić information content (AvgIpc) is 2.55. The Morgan fingerprint density at radius 3 is 2.48 bits per heavy atom. The molecule has 4 nitrogen and oxygen atoms in total. The number of amides is 1. The summed E-state index contributed by atoms with van der Waals surface area (Å²) in [5.41, 5.74) is 1.72. The normalized spacial score (nSPS) is 10.2. The molecule has 2 rings (SSSR count). The molecule has 0 unspecified atom stereocenters.